The van der Waals surface area contributed by atoms with Gasteiger partial charge in [0.25, 0.3) is 0 Å². The lowest BCUT2D eigenvalue weighted by Crippen LogP contribution is -2.07. The first-order valence-electron chi connectivity index (χ1n) is 6.56. The van der Waals surface area contributed by atoms with Gasteiger partial charge >= 0.3 is 5.97 Å². The molecular formula is C15H15BrN4O2. The second-order valence-electron chi connectivity index (χ2n) is 4.36. The number of hydrogen-bond donors (Lipinski definition) is 3. The van der Waals surface area contributed by atoms with Crippen LogP contribution in [0.5, 0.6) is 0 Å². The van der Waals surface area contributed by atoms with Gasteiger partial charge in [-0.15, -0.1) is 0 Å². The fourth-order valence-corrected chi connectivity index (χ4v) is 2.32. The van der Waals surface area contributed by atoms with Crippen LogP contribution in [0.2, 0.25) is 0 Å². The fraction of sp³-hybridized carbons (Fsp3) is 0.133. The average molecular weight is 363 g/mol. The van der Waals surface area contributed by atoms with E-state index in [0.29, 0.717) is 29.1 Å². The van der Waals surface area contributed by atoms with Gasteiger partial charge in [-0.2, -0.15) is 0 Å². The minimum Gasteiger partial charge on any atom is -0.462 e. The Morgan fingerprint density at radius 3 is 2.91 bits per heavy atom. The third kappa shape index (κ3) is 3.62. The average Bonchev–Trinajstić information content (AvgIpc) is 2.47. The number of benzene rings is 1. The Morgan fingerprint density at radius 1 is 1.45 bits per heavy atom. The Labute approximate surface area is 136 Å². The number of hydrogen-bond acceptors (Lipinski definition) is 6. The highest BCUT2D eigenvalue weighted by atomic mass is 79.9. The Hall–Kier alpha value is -2.41. The summed E-state index contributed by atoms with van der Waals surface area (Å²) in [5, 5.41) is 10.9. The van der Waals surface area contributed by atoms with E-state index in [4.69, 9.17) is 15.9 Å². The monoisotopic (exact) mass is 362 g/mol. The molecule has 7 heteroatoms. The minimum absolute atomic E-state index is 0.127. The van der Waals surface area contributed by atoms with Crippen LogP contribution in [0.1, 0.15) is 22.8 Å². The van der Waals surface area contributed by atoms with E-state index in [0.717, 1.165) is 0 Å². The predicted molar refractivity (Wildman–Crippen MR) is 90.1 cm³/mol. The van der Waals surface area contributed by atoms with Crippen molar-refractivity contribution in [1.82, 2.24) is 4.98 Å². The number of esters is 1. The van der Waals surface area contributed by atoms with Crippen molar-refractivity contribution >= 4 is 43.7 Å². The van der Waals surface area contributed by atoms with E-state index in [-0.39, 0.29) is 16.4 Å². The molecule has 0 saturated carbocycles. The quantitative estimate of drug-likeness (QED) is 0.559. The van der Waals surface area contributed by atoms with Crippen molar-refractivity contribution in [2.45, 2.75) is 6.92 Å². The summed E-state index contributed by atoms with van der Waals surface area (Å²) in [6.45, 7) is 2.08. The number of nitrogens with two attached hydrogens (primary N) is 1. The molecule has 0 amide bonds. The molecule has 4 N–H and O–H groups in total. The first-order valence-corrected chi connectivity index (χ1v) is 7.35. The summed E-state index contributed by atoms with van der Waals surface area (Å²) in [7, 11) is 0. The van der Waals surface area contributed by atoms with Crippen molar-refractivity contribution in [3.8, 4) is 0 Å². The van der Waals surface area contributed by atoms with Gasteiger partial charge in [-0.25, -0.2) is 9.78 Å². The Kier molecular flexibility index (Phi) is 5.11. The van der Waals surface area contributed by atoms with Gasteiger partial charge in [0.1, 0.15) is 10.4 Å². The zero-order valence-electron chi connectivity index (χ0n) is 11.9. The molecule has 1 heterocycles. The molecule has 0 aliphatic carbocycles. The normalized spacial score (nSPS) is 10.1. The molecule has 0 atom stereocenters. The van der Waals surface area contributed by atoms with E-state index in [1.54, 1.807) is 43.5 Å². The molecule has 1 aromatic carbocycles. The number of nitrogen functional groups attached to an aromatic ring is 1. The Morgan fingerprint density at radius 2 is 2.23 bits per heavy atom. The molecule has 0 unspecified atom stereocenters. The number of ether oxygens (including phenoxy) is 1. The van der Waals surface area contributed by atoms with Crippen LogP contribution in [0, 0.1) is 5.41 Å². The number of halogens is 1. The summed E-state index contributed by atoms with van der Waals surface area (Å²) in [6.07, 6.45) is 1.55. The summed E-state index contributed by atoms with van der Waals surface area (Å²) in [6, 6.07) is 8.62. The van der Waals surface area contributed by atoms with Gasteiger partial charge in [0.05, 0.1) is 23.4 Å². The lowest BCUT2D eigenvalue weighted by molar-refractivity contribution is 0.0526. The predicted octanol–water partition coefficient (Wildman–Crippen LogP) is 3.30. The fourth-order valence-electron chi connectivity index (χ4n) is 1.91. The molecule has 0 radical (unpaired) electrons. The maximum absolute atomic E-state index is 11.8. The van der Waals surface area contributed by atoms with Crippen LogP contribution in [0.15, 0.2) is 36.5 Å². The first kappa shape index (κ1) is 16.0. The molecule has 114 valence electrons. The van der Waals surface area contributed by atoms with Gasteiger partial charge in [0.2, 0.25) is 0 Å². The molecule has 0 aliphatic rings. The third-order valence-electron chi connectivity index (χ3n) is 2.85. The van der Waals surface area contributed by atoms with Gasteiger partial charge in [0, 0.05) is 11.9 Å². The maximum Gasteiger partial charge on any atom is 0.338 e. The number of pyridine rings is 1. The summed E-state index contributed by atoms with van der Waals surface area (Å²) in [5.41, 5.74) is 8.02. The third-order valence-corrected chi connectivity index (χ3v) is 3.25. The number of nitrogens with zero attached hydrogens (tertiary/aromatic N) is 1. The van der Waals surface area contributed by atoms with Gasteiger partial charge in [-0.05, 0) is 47.1 Å². The van der Waals surface area contributed by atoms with Crippen molar-refractivity contribution in [1.29, 1.82) is 5.41 Å². The minimum atomic E-state index is -0.381. The van der Waals surface area contributed by atoms with Crippen LogP contribution < -0.4 is 11.1 Å². The Balaban J connectivity index is 2.32. The summed E-state index contributed by atoms with van der Waals surface area (Å²) in [5.74, 6) is -0.137. The molecular weight excluding hydrogens is 348 g/mol. The molecule has 6 nitrogen and oxygen atoms in total. The highest BCUT2D eigenvalue weighted by Gasteiger charge is 2.12. The van der Waals surface area contributed by atoms with E-state index >= 15 is 0 Å². The molecule has 1 aromatic heterocycles. The number of nitrogens with one attached hydrogen (secondary N) is 2. The van der Waals surface area contributed by atoms with Gasteiger partial charge < -0.3 is 15.8 Å². The SMILES string of the molecule is CCOC(=O)c1cccc(Nc2ccnc(N)c2C(=N)Br)c1. The van der Waals surface area contributed by atoms with Crippen molar-refractivity contribution < 1.29 is 9.53 Å². The first-order chi connectivity index (χ1) is 10.5. The molecule has 2 aromatic rings. The van der Waals surface area contributed by atoms with Crippen LogP contribution in [-0.2, 0) is 4.74 Å². The maximum atomic E-state index is 11.8. The zero-order valence-corrected chi connectivity index (χ0v) is 13.5. The summed E-state index contributed by atoms with van der Waals surface area (Å²) < 4.78 is 5.10. The Bertz CT molecular complexity index is 718. The standard InChI is InChI=1S/C15H15BrN4O2/c1-2-22-15(21)9-4-3-5-10(8-9)20-11-6-7-19-14(18)12(11)13(16)17/h3-8,17H,2H2,1H3,(H3,18,19,20). The van der Waals surface area contributed by atoms with Crippen LogP contribution >= 0.6 is 15.9 Å². The largest absolute Gasteiger partial charge is 0.462 e. The van der Waals surface area contributed by atoms with Gasteiger partial charge in [-0.3, -0.25) is 5.41 Å². The van der Waals surface area contributed by atoms with Crippen molar-refractivity contribution in [2.24, 2.45) is 0 Å². The second kappa shape index (κ2) is 7.04. The smallest absolute Gasteiger partial charge is 0.338 e. The van der Waals surface area contributed by atoms with E-state index in [1.807, 2.05) is 0 Å². The molecule has 0 bridgehead atoms. The number of rotatable bonds is 5. The summed E-state index contributed by atoms with van der Waals surface area (Å²) >= 11 is 3.10. The van der Waals surface area contributed by atoms with Crippen LogP contribution in [0.3, 0.4) is 0 Å². The number of carbonyl (C=O) groups is 1. The van der Waals surface area contributed by atoms with Crippen molar-refractivity contribution in [3.05, 3.63) is 47.7 Å². The molecule has 0 spiro atoms. The zero-order chi connectivity index (χ0) is 16.1. The lowest BCUT2D eigenvalue weighted by Gasteiger charge is -2.12. The number of aromatic nitrogens is 1. The molecule has 0 aliphatic heterocycles. The van der Waals surface area contributed by atoms with Crippen molar-refractivity contribution in [3.63, 3.8) is 0 Å². The van der Waals surface area contributed by atoms with Crippen LogP contribution in [0.4, 0.5) is 17.2 Å². The van der Waals surface area contributed by atoms with Crippen molar-refractivity contribution in [2.75, 3.05) is 17.7 Å². The molecule has 0 fully saturated rings. The van der Waals surface area contributed by atoms with Crippen LogP contribution in [0.25, 0.3) is 0 Å². The van der Waals surface area contributed by atoms with Gasteiger partial charge in [-0.1, -0.05) is 6.07 Å². The summed E-state index contributed by atoms with van der Waals surface area (Å²) in [4.78, 5) is 15.7. The molecule has 2 rings (SSSR count). The highest BCUT2D eigenvalue weighted by molar-refractivity contribution is 9.18. The second-order valence-corrected chi connectivity index (χ2v) is 5.15. The lowest BCUT2D eigenvalue weighted by atomic mass is 10.1. The van der Waals surface area contributed by atoms with E-state index < -0.39 is 0 Å². The number of carbonyl (C=O) groups excluding carboxylic acids is 1. The topological polar surface area (TPSA) is 101 Å². The number of anilines is 3. The highest BCUT2D eigenvalue weighted by Crippen LogP contribution is 2.26. The van der Waals surface area contributed by atoms with Gasteiger partial charge in [0.15, 0.2) is 0 Å². The molecule has 22 heavy (non-hydrogen) atoms. The van der Waals surface area contributed by atoms with E-state index in [9.17, 15) is 4.79 Å². The van der Waals surface area contributed by atoms with Crippen LogP contribution in [-0.4, -0.2) is 22.2 Å². The van der Waals surface area contributed by atoms with E-state index in [1.165, 1.54) is 0 Å². The van der Waals surface area contributed by atoms with E-state index in [2.05, 4.69) is 26.2 Å². The molecule has 0 saturated heterocycles.